The van der Waals surface area contributed by atoms with Crippen LogP contribution in [-0.4, -0.2) is 38.1 Å². The highest BCUT2D eigenvalue weighted by Crippen LogP contribution is 2.44. The summed E-state index contributed by atoms with van der Waals surface area (Å²) < 4.78 is 17.7. The van der Waals surface area contributed by atoms with E-state index in [1.54, 1.807) is 14.2 Å². The van der Waals surface area contributed by atoms with Gasteiger partial charge in [-0.25, -0.2) is 0 Å². The van der Waals surface area contributed by atoms with Crippen molar-refractivity contribution in [2.24, 2.45) is 0 Å². The van der Waals surface area contributed by atoms with E-state index in [0.717, 1.165) is 33.8 Å². The predicted octanol–water partition coefficient (Wildman–Crippen LogP) is 6.30. The lowest BCUT2D eigenvalue weighted by molar-refractivity contribution is -0.883. The smallest absolute Gasteiger partial charge is 0.144 e. The third kappa shape index (κ3) is 5.25. The van der Waals surface area contributed by atoms with Crippen molar-refractivity contribution in [2.45, 2.75) is 24.7 Å². The Morgan fingerprint density at radius 1 is 0.703 bits per heavy atom. The zero-order valence-electron chi connectivity index (χ0n) is 21.4. The largest absolute Gasteiger partial charge is 0.632 e. The Morgan fingerprint density at radius 3 is 1.70 bits per heavy atom. The van der Waals surface area contributed by atoms with E-state index < -0.39 is 5.60 Å². The molecule has 1 aliphatic rings. The van der Waals surface area contributed by atoms with E-state index in [-0.39, 0.29) is 10.8 Å². The van der Waals surface area contributed by atoms with Crippen LogP contribution < -0.4 is 9.47 Å². The summed E-state index contributed by atoms with van der Waals surface area (Å²) in [6, 6.07) is 36.3. The molecule has 1 unspecified atom stereocenters. The Morgan fingerprint density at radius 2 is 1.19 bits per heavy atom. The molecule has 1 aliphatic heterocycles. The third-order valence-corrected chi connectivity index (χ3v) is 7.23. The third-order valence-electron chi connectivity index (χ3n) is 7.23. The molecule has 1 fully saturated rings. The minimum Gasteiger partial charge on any atom is -0.632 e. The number of benzene rings is 4. The van der Waals surface area contributed by atoms with Gasteiger partial charge in [0.1, 0.15) is 36.3 Å². The van der Waals surface area contributed by atoms with Crippen LogP contribution in [-0.2, 0) is 16.9 Å². The van der Waals surface area contributed by atoms with E-state index in [9.17, 15) is 5.21 Å². The number of hydrogen-bond donors (Lipinski definition) is 0. The zero-order valence-corrected chi connectivity index (χ0v) is 21.4. The van der Waals surface area contributed by atoms with Gasteiger partial charge in [-0.15, -0.1) is 0 Å². The summed E-state index contributed by atoms with van der Waals surface area (Å²) in [4.78, 5) is 0. The molecule has 4 aromatic carbocycles. The van der Waals surface area contributed by atoms with E-state index in [0.29, 0.717) is 26.1 Å². The van der Waals surface area contributed by atoms with Gasteiger partial charge in [0.05, 0.1) is 20.8 Å². The van der Waals surface area contributed by atoms with Crippen LogP contribution >= 0.6 is 0 Å². The summed E-state index contributed by atoms with van der Waals surface area (Å²) in [6.07, 6.45) is 0.475. The van der Waals surface area contributed by atoms with Gasteiger partial charge in [-0.05, 0) is 41.0 Å². The van der Waals surface area contributed by atoms with E-state index in [4.69, 9.17) is 14.2 Å². The lowest BCUT2D eigenvalue weighted by Crippen LogP contribution is -2.42. The molecule has 0 saturated carbocycles. The van der Waals surface area contributed by atoms with Crippen molar-refractivity contribution in [3.8, 4) is 11.5 Å². The molecule has 0 amide bonds. The van der Waals surface area contributed by atoms with Crippen molar-refractivity contribution in [3.05, 3.63) is 137 Å². The first-order chi connectivity index (χ1) is 18.0. The quantitative estimate of drug-likeness (QED) is 0.155. The highest BCUT2D eigenvalue weighted by atomic mass is 16.6. The number of nitrogens with zero attached hydrogens (tertiary/aromatic N) is 1. The Balaban J connectivity index is 1.57. The first-order valence-electron chi connectivity index (χ1n) is 12.7. The van der Waals surface area contributed by atoms with E-state index in [1.807, 2.05) is 97.1 Å². The van der Waals surface area contributed by atoms with E-state index >= 15 is 0 Å². The summed E-state index contributed by atoms with van der Waals surface area (Å²) >= 11 is 0. The SMILES string of the molecule is COc1ccc(C(O[C@@H]2CC[N+]([O-])(Cc3ccccc3)C2)(c2ccccc2)c2ccc(OC)cc2)cc1. The number of hydrogen-bond acceptors (Lipinski definition) is 4. The van der Waals surface area contributed by atoms with Crippen LogP contribution in [0.5, 0.6) is 11.5 Å². The summed E-state index contributed by atoms with van der Waals surface area (Å²) in [5.41, 5.74) is 3.10. The zero-order chi connectivity index (χ0) is 25.7. The van der Waals surface area contributed by atoms with Gasteiger partial charge in [-0.3, -0.25) is 0 Å². The Labute approximate surface area is 219 Å². The van der Waals surface area contributed by atoms with Crippen molar-refractivity contribution in [3.63, 3.8) is 0 Å². The van der Waals surface area contributed by atoms with Crippen LogP contribution in [0.4, 0.5) is 0 Å². The minimum absolute atomic E-state index is 0.217. The molecule has 0 aliphatic carbocycles. The first-order valence-corrected chi connectivity index (χ1v) is 12.7. The summed E-state index contributed by atoms with van der Waals surface area (Å²) in [5, 5.41) is 13.8. The van der Waals surface area contributed by atoms with E-state index in [1.165, 1.54) is 0 Å². The van der Waals surface area contributed by atoms with Gasteiger partial charge in [0.25, 0.3) is 0 Å². The Kier molecular flexibility index (Phi) is 7.28. The molecule has 4 aromatic rings. The number of likely N-dealkylation sites (tertiary alicyclic amines) is 1. The molecule has 0 radical (unpaired) electrons. The molecule has 190 valence electrons. The highest BCUT2D eigenvalue weighted by Gasteiger charge is 2.43. The fraction of sp³-hybridized carbons (Fsp3) is 0.250. The second kappa shape index (κ2) is 10.8. The number of hydroxylamine groups is 3. The average molecular weight is 496 g/mol. The molecule has 5 heteroatoms. The van der Waals surface area contributed by atoms with Gasteiger partial charge in [-0.2, -0.15) is 0 Å². The van der Waals surface area contributed by atoms with Crippen molar-refractivity contribution in [1.29, 1.82) is 0 Å². The summed E-state index contributed by atoms with van der Waals surface area (Å²) in [6.45, 7) is 1.37. The first kappa shape index (κ1) is 25.0. The van der Waals surface area contributed by atoms with Crippen molar-refractivity contribution in [1.82, 2.24) is 0 Å². The fourth-order valence-corrected chi connectivity index (χ4v) is 5.37. The molecule has 37 heavy (non-hydrogen) atoms. The minimum atomic E-state index is -0.910. The molecule has 0 aromatic heterocycles. The normalized spacial score (nSPS) is 19.5. The number of methoxy groups -OCH3 is 2. The molecular formula is C32H33NO4. The van der Waals surface area contributed by atoms with Crippen molar-refractivity contribution >= 4 is 0 Å². The number of rotatable bonds is 9. The standard InChI is InChI=1S/C32H33NO4/c1-35-29-17-13-27(14-18-29)32(26-11-7-4-8-12-26,28-15-19-30(36-2)20-16-28)37-31-21-22-33(34,24-31)23-25-9-5-3-6-10-25/h3-20,31H,21-24H2,1-2H3/t31-,33?/m1/s1. The second-order valence-corrected chi connectivity index (χ2v) is 9.64. The molecule has 1 saturated heterocycles. The Bertz CT molecular complexity index is 1230. The van der Waals surface area contributed by atoms with Crippen molar-refractivity contribution in [2.75, 3.05) is 27.3 Å². The van der Waals surface area contributed by atoms with Crippen LogP contribution in [0.1, 0.15) is 28.7 Å². The lowest BCUT2D eigenvalue weighted by Gasteiger charge is -2.41. The van der Waals surface area contributed by atoms with Crippen LogP contribution in [0.3, 0.4) is 0 Å². The molecular weight excluding hydrogens is 462 g/mol. The molecule has 0 spiro atoms. The van der Waals surface area contributed by atoms with E-state index in [2.05, 4.69) is 12.1 Å². The van der Waals surface area contributed by atoms with Crippen LogP contribution in [0, 0.1) is 5.21 Å². The van der Waals surface area contributed by atoms with Gasteiger partial charge in [-0.1, -0.05) is 84.9 Å². The molecule has 0 bridgehead atoms. The molecule has 2 atom stereocenters. The maximum absolute atomic E-state index is 13.8. The monoisotopic (exact) mass is 495 g/mol. The van der Waals surface area contributed by atoms with Gasteiger partial charge in [0.2, 0.25) is 0 Å². The van der Waals surface area contributed by atoms with Gasteiger partial charge in [0, 0.05) is 12.0 Å². The van der Waals surface area contributed by atoms with Gasteiger partial charge >= 0.3 is 0 Å². The van der Waals surface area contributed by atoms with Crippen LogP contribution in [0.15, 0.2) is 109 Å². The molecule has 5 rings (SSSR count). The molecule has 1 heterocycles. The fourth-order valence-electron chi connectivity index (χ4n) is 5.37. The summed E-state index contributed by atoms with van der Waals surface area (Å²) in [5.74, 6) is 1.55. The van der Waals surface area contributed by atoms with Crippen molar-refractivity contribution < 1.29 is 18.9 Å². The number of ether oxygens (including phenoxy) is 3. The average Bonchev–Trinajstić information content (AvgIpc) is 3.32. The van der Waals surface area contributed by atoms with Gasteiger partial charge < -0.3 is 24.1 Å². The van der Waals surface area contributed by atoms with Gasteiger partial charge in [0.15, 0.2) is 0 Å². The maximum atomic E-state index is 13.8. The maximum Gasteiger partial charge on any atom is 0.144 e. The lowest BCUT2D eigenvalue weighted by atomic mass is 9.79. The molecule has 5 nitrogen and oxygen atoms in total. The second-order valence-electron chi connectivity index (χ2n) is 9.64. The highest BCUT2D eigenvalue weighted by molar-refractivity contribution is 5.49. The molecule has 0 N–H and O–H groups in total. The van der Waals surface area contributed by atoms with Crippen LogP contribution in [0.25, 0.3) is 0 Å². The topological polar surface area (TPSA) is 50.8 Å². The summed E-state index contributed by atoms with van der Waals surface area (Å²) in [7, 11) is 3.33. The number of quaternary nitrogens is 1. The predicted molar refractivity (Wildman–Crippen MR) is 145 cm³/mol. The van der Waals surface area contributed by atoms with Crippen LogP contribution in [0.2, 0.25) is 0 Å². The Hall–Kier alpha value is -3.64.